The molecule has 2 rings (SSSR count). The van der Waals surface area contributed by atoms with E-state index in [2.05, 4.69) is 0 Å². The van der Waals surface area contributed by atoms with E-state index in [9.17, 15) is 18.5 Å². The molecule has 8 nitrogen and oxygen atoms in total. The van der Waals surface area contributed by atoms with E-state index in [-0.39, 0.29) is 22.6 Å². The number of benzene rings is 1. The summed E-state index contributed by atoms with van der Waals surface area (Å²) < 4.78 is 31.6. The molecule has 0 bridgehead atoms. The number of hydrogen-bond acceptors (Lipinski definition) is 6. The fourth-order valence-electron chi connectivity index (χ4n) is 2.47. The molecule has 1 aromatic rings. The molecular formula is C13H19N3O5S. The van der Waals surface area contributed by atoms with Crippen molar-refractivity contribution in [2.75, 3.05) is 26.7 Å². The Bertz CT molecular complexity index is 691. The fourth-order valence-corrected chi connectivity index (χ4v) is 4.20. The Morgan fingerprint density at radius 2 is 2.18 bits per heavy atom. The molecule has 0 saturated carbocycles. The second kappa shape index (κ2) is 5.82. The molecule has 0 spiro atoms. The summed E-state index contributed by atoms with van der Waals surface area (Å²) in [5.41, 5.74) is 4.90. The number of nitro groups is 1. The first-order valence-electron chi connectivity index (χ1n) is 6.76. The van der Waals surface area contributed by atoms with Crippen LogP contribution in [0.4, 0.5) is 5.69 Å². The van der Waals surface area contributed by atoms with Crippen LogP contribution < -0.4 is 10.5 Å². The van der Waals surface area contributed by atoms with Crippen molar-refractivity contribution in [3.8, 4) is 5.75 Å². The molecule has 122 valence electrons. The van der Waals surface area contributed by atoms with Gasteiger partial charge in [-0.1, -0.05) is 6.92 Å². The molecule has 22 heavy (non-hydrogen) atoms. The summed E-state index contributed by atoms with van der Waals surface area (Å²) in [7, 11) is -2.58. The molecule has 0 radical (unpaired) electrons. The van der Waals surface area contributed by atoms with E-state index in [1.165, 1.54) is 23.5 Å². The van der Waals surface area contributed by atoms with Crippen LogP contribution in [0.2, 0.25) is 0 Å². The average molecular weight is 329 g/mol. The first kappa shape index (κ1) is 16.7. The van der Waals surface area contributed by atoms with Gasteiger partial charge < -0.3 is 10.5 Å². The van der Waals surface area contributed by atoms with Gasteiger partial charge in [-0.25, -0.2) is 8.42 Å². The Morgan fingerprint density at radius 1 is 1.50 bits per heavy atom. The normalized spacial score (nSPS) is 22.7. The lowest BCUT2D eigenvalue weighted by Crippen LogP contribution is -2.34. The minimum Gasteiger partial charge on any atom is -0.497 e. The zero-order valence-corrected chi connectivity index (χ0v) is 13.3. The van der Waals surface area contributed by atoms with E-state index in [4.69, 9.17) is 10.5 Å². The Hall–Kier alpha value is -1.71. The maximum atomic E-state index is 12.7. The number of nitro benzene ring substituents is 1. The number of hydrogen-bond donors (Lipinski definition) is 1. The fraction of sp³-hybridized carbons (Fsp3) is 0.538. The average Bonchev–Trinajstić information content (AvgIpc) is 2.90. The van der Waals surface area contributed by atoms with Crippen molar-refractivity contribution in [3.05, 3.63) is 28.3 Å². The number of rotatable bonds is 5. The van der Waals surface area contributed by atoms with Gasteiger partial charge in [0.05, 0.1) is 18.1 Å². The first-order chi connectivity index (χ1) is 10.2. The number of ether oxygens (including phenoxy) is 1. The summed E-state index contributed by atoms with van der Waals surface area (Å²) in [5.74, 6) is 0.235. The molecule has 1 heterocycles. The van der Waals surface area contributed by atoms with E-state index < -0.39 is 20.6 Å². The van der Waals surface area contributed by atoms with Crippen LogP contribution >= 0.6 is 0 Å². The third-order valence-corrected chi connectivity index (χ3v) is 5.89. The summed E-state index contributed by atoms with van der Waals surface area (Å²) >= 11 is 0. The summed E-state index contributed by atoms with van der Waals surface area (Å²) in [6.07, 6.45) is 0.632. The minimum absolute atomic E-state index is 0.235. The minimum atomic E-state index is -3.94. The highest BCUT2D eigenvalue weighted by atomic mass is 32.2. The van der Waals surface area contributed by atoms with Crippen LogP contribution in [-0.2, 0) is 10.0 Å². The van der Waals surface area contributed by atoms with Crippen LogP contribution in [0.25, 0.3) is 0 Å². The van der Waals surface area contributed by atoms with Crippen LogP contribution in [0.1, 0.15) is 13.3 Å². The van der Waals surface area contributed by atoms with Crippen molar-refractivity contribution < 1.29 is 18.1 Å². The van der Waals surface area contributed by atoms with Gasteiger partial charge in [-0.15, -0.1) is 0 Å². The predicted octanol–water partition coefficient (Wildman–Crippen LogP) is 0.963. The SMILES string of the molecule is COc1ccc(S(=O)(=O)N2CCC(C)(CN)C2)c([N+](=O)[O-])c1. The zero-order valence-electron chi connectivity index (χ0n) is 12.5. The van der Waals surface area contributed by atoms with Crippen molar-refractivity contribution in [1.82, 2.24) is 4.31 Å². The van der Waals surface area contributed by atoms with E-state index in [1.807, 2.05) is 6.92 Å². The maximum Gasteiger partial charge on any atom is 0.293 e. The van der Waals surface area contributed by atoms with Crippen LogP contribution in [-0.4, -0.2) is 44.4 Å². The first-order valence-corrected chi connectivity index (χ1v) is 8.20. The molecule has 1 fully saturated rings. The quantitative estimate of drug-likeness (QED) is 0.635. The van der Waals surface area contributed by atoms with Crippen molar-refractivity contribution in [1.29, 1.82) is 0 Å². The largest absolute Gasteiger partial charge is 0.497 e. The van der Waals surface area contributed by atoms with Crippen LogP contribution in [0, 0.1) is 15.5 Å². The van der Waals surface area contributed by atoms with Crippen LogP contribution in [0.15, 0.2) is 23.1 Å². The molecule has 0 aromatic heterocycles. The smallest absolute Gasteiger partial charge is 0.293 e. The van der Waals surface area contributed by atoms with Crippen molar-refractivity contribution in [2.45, 2.75) is 18.2 Å². The van der Waals surface area contributed by atoms with Gasteiger partial charge in [-0.05, 0) is 30.5 Å². The second-order valence-corrected chi connectivity index (χ2v) is 7.60. The van der Waals surface area contributed by atoms with Gasteiger partial charge in [0.25, 0.3) is 5.69 Å². The molecule has 9 heteroatoms. The van der Waals surface area contributed by atoms with Gasteiger partial charge in [0.2, 0.25) is 10.0 Å². The predicted molar refractivity (Wildman–Crippen MR) is 80.2 cm³/mol. The molecule has 1 aliphatic heterocycles. The van der Waals surface area contributed by atoms with Crippen molar-refractivity contribution in [2.24, 2.45) is 11.1 Å². The monoisotopic (exact) mass is 329 g/mol. The molecule has 2 N–H and O–H groups in total. The van der Waals surface area contributed by atoms with E-state index >= 15 is 0 Å². The van der Waals surface area contributed by atoms with E-state index in [1.54, 1.807) is 0 Å². The Balaban J connectivity index is 2.44. The molecule has 1 unspecified atom stereocenters. The molecule has 1 aliphatic rings. The maximum absolute atomic E-state index is 12.7. The molecule has 1 saturated heterocycles. The van der Waals surface area contributed by atoms with Gasteiger partial charge in [-0.2, -0.15) is 4.31 Å². The molecule has 1 atom stereocenters. The lowest BCUT2D eigenvalue weighted by Gasteiger charge is -2.22. The highest BCUT2D eigenvalue weighted by Crippen LogP contribution is 2.36. The number of sulfonamides is 1. The van der Waals surface area contributed by atoms with Crippen LogP contribution in [0.5, 0.6) is 5.75 Å². The Labute approximate surface area is 129 Å². The second-order valence-electron chi connectivity index (χ2n) is 5.69. The molecule has 1 aromatic carbocycles. The summed E-state index contributed by atoms with van der Waals surface area (Å²) in [6, 6.07) is 3.73. The van der Waals surface area contributed by atoms with Crippen molar-refractivity contribution in [3.63, 3.8) is 0 Å². The van der Waals surface area contributed by atoms with Gasteiger partial charge in [0.1, 0.15) is 5.75 Å². The number of methoxy groups -OCH3 is 1. The van der Waals surface area contributed by atoms with Crippen LogP contribution in [0.3, 0.4) is 0 Å². The van der Waals surface area contributed by atoms with Gasteiger partial charge >= 0.3 is 0 Å². The van der Waals surface area contributed by atoms with Crippen molar-refractivity contribution >= 4 is 15.7 Å². The summed E-state index contributed by atoms with van der Waals surface area (Å²) in [4.78, 5) is 10.1. The van der Waals surface area contributed by atoms with Gasteiger partial charge in [0, 0.05) is 13.1 Å². The molecular weight excluding hydrogens is 310 g/mol. The molecule has 0 aliphatic carbocycles. The lowest BCUT2D eigenvalue weighted by molar-refractivity contribution is -0.387. The topological polar surface area (TPSA) is 116 Å². The lowest BCUT2D eigenvalue weighted by atomic mass is 9.90. The molecule has 0 amide bonds. The van der Waals surface area contributed by atoms with Gasteiger partial charge in [-0.3, -0.25) is 10.1 Å². The summed E-state index contributed by atoms with van der Waals surface area (Å²) in [6.45, 7) is 2.84. The third kappa shape index (κ3) is 2.92. The number of nitrogens with two attached hydrogens (primary N) is 1. The highest BCUT2D eigenvalue weighted by molar-refractivity contribution is 7.89. The Morgan fingerprint density at radius 3 is 2.68 bits per heavy atom. The highest BCUT2D eigenvalue weighted by Gasteiger charge is 2.41. The van der Waals surface area contributed by atoms with E-state index in [0.717, 1.165) is 6.07 Å². The summed E-state index contributed by atoms with van der Waals surface area (Å²) in [5, 5.41) is 11.2. The Kier molecular flexibility index (Phi) is 4.41. The van der Waals surface area contributed by atoms with E-state index in [0.29, 0.717) is 19.5 Å². The standard InChI is InChI=1S/C13H19N3O5S/c1-13(8-14)5-6-15(9-13)22(19,20)12-4-3-10(21-2)7-11(12)16(17)18/h3-4,7H,5-6,8-9,14H2,1-2H3. The third-order valence-electron chi connectivity index (χ3n) is 4.00. The number of nitrogens with zero attached hydrogens (tertiary/aromatic N) is 2. The van der Waals surface area contributed by atoms with Gasteiger partial charge in [0.15, 0.2) is 4.90 Å². The zero-order chi connectivity index (χ0) is 16.5.